The molecule has 102 valence electrons. The van der Waals surface area contributed by atoms with E-state index in [1.807, 2.05) is 6.07 Å². The largest absolute Gasteiger partial charge is 0.399 e. The summed E-state index contributed by atoms with van der Waals surface area (Å²) in [4.78, 5) is 0. The van der Waals surface area contributed by atoms with Crippen LogP contribution in [0.3, 0.4) is 0 Å². The number of aryl methyl sites for hydroxylation is 1. The number of nitrogen functional groups attached to an aromatic ring is 1. The molecular weight excluding hydrogens is 220 g/mol. The molecule has 0 amide bonds. The number of hydrogen-bond acceptors (Lipinski definition) is 2. The summed E-state index contributed by atoms with van der Waals surface area (Å²) in [5.74, 6) is 0.819. The van der Waals surface area contributed by atoms with Crippen LogP contribution in [-0.4, -0.2) is 6.54 Å². The Balaban J connectivity index is 2.33. The summed E-state index contributed by atoms with van der Waals surface area (Å²) in [6.07, 6.45) is 5.27. The molecular formula is C16H28N2. The summed E-state index contributed by atoms with van der Waals surface area (Å²) < 4.78 is 0. The molecule has 1 aromatic rings. The molecule has 0 spiro atoms. The highest BCUT2D eigenvalue weighted by molar-refractivity contribution is 5.47. The van der Waals surface area contributed by atoms with Crippen molar-refractivity contribution in [2.45, 2.75) is 53.0 Å². The third kappa shape index (κ3) is 5.09. The first-order chi connectivity index (χ1) is 8.67. The number of anilines is 1. The van der Waals surface area contributed by atoms with E-state index in [0.29, 0.717) is 0 Å². The van der Waals surface area contributed by atoms with Crippen molar-refractivity contribution in [3.63, 3.8) is 0 Å². The molecule has 0 aliphatic heterocycles. The van der Waals surface area contributed by atoms with Gasteiger partial charge in [-0.3, -0.25) is 0 Å². The minimum absolute atomic E-state index is 0.819. The minimum Gasteiger partial charge on any atom is -0.399 e. The zero-order chi connectivity index (χ0) is 13.4. The molecule has 1 rings (SSSR count). The normalized spacial score (nSPS) is 12.6. The van der Waals surface area contributed by atoms with Crippen LogP contribution in [0.25, 0.3) is 0 Å². The Bertz CT molecular complexity index is 347. The molecule has 2 heteroatoms. The van der Waals surface area contributed by atoms with E-state index in [4.69, 9.17) is 5.73 Å². The van der Waals surface area contributed by atoms with Crippen LogP contribution in [0.1, 0.15) is 50.7 Å². The molecule has 18 heavy (non-hydrogen) atoms. The smallest absolute Gasteiger partial charge is 0.0343 e. The average molecular weight is 248 g/mol. The summed E-state index contributed by atoms with van der Waals surface area (Å²) in [5.41, 5.74) is 9.20. The van der Waals surface area contributed by atoms with Crippen LogP contribution in [-0.2, 0) is 6.54 Å². The molecule has 0 heterocycles. The van der Waals surface area contributed by atoms with Gasteiger partial charge in [0.25, 0.3) is 0 Å². The second-order valence-corrected chi connectivity index (χ2v) is 5.24. The molecule has 1 aromatic carbocycles. The number of nitrogens with one attached hydrogen (secondary N) is 1. The number of rotatable bonds is 8. The average Bonchev–Trinajstić information content (AvgIpc) is 2.37. The van der Waals surface area contributed by atoms with Gasteiger partial charge in [0.15, 0.2) is 0 Å². The third-order valence-corrected chi connectivity index (χ3v) is 3.64. The number of unbranched alkanes of at least 4 members (excludes halogenated alkanes) is 1. The summed E-state index contributed by atoms with van der Waals surface area (Å²) in [5, 5.41) is 3.57. The zero-order valence-corrected chi connectivity index (χ0v) is 12.1. The first-order valence-electron chi connectivity index (χ1n) is 7.23. The second-order valence-electron chi connectivity index (χ2n) is 5.24. The van der Waals surface area contributed by atoms with E-state index >= 15 is 0 Å². The highest BCUT2D eigenvalue weighted by Crippen LogP contribution is 2.14. The number of benzene rings is 1. The lowest BCUT2D eigenvalue weighted by Gasteiger charge is -2.15. The maximum atomic E-state index is 5.82. The van der Waals surface area contributed by atoms with Crippen molar-refractivity contribution in [1.82, 2.24) is 5.32 Å². The van der Waals surface area contributed by atoms with E-state index in [1.165, 1.54) is 36.8 Å². The van der Waals surface area contributed by atoms with Crippen LogP contribution in [0, 0.1) is 12.8 Å². The first kappa shape index (κ1) is 15.0. The van der Waals surface area contributed by atoms with Gasteiger partial charge < -0.3 is 11.1 Å². The molecule has 1 unspecified atom stereocenters. The first-order valence-corrected chi connectivity index (χ1v) is 7.23. The second kappa shape index (κ2) is 8.15. The van der Waals surface area contributed by atoms with Crippen molar-refractivity contribution >= 4 is 5.69 Å². The summed E-state index contributed by atoms with van der Waals surface area (Å²) >= 11 is 0. The van der Waals surface area contributed by atoms with Gasteiger partial charge >= 0.3 is 0 Å². The maximum absolute atomic E-state index is 5.82. The van der Waals surface area contributed by atoms with Gasteiger partial charge in [0.2, 0.25) is 0 Å². The zero-order valence-electron chi connectivity index (χ0n) is 12.1. The van der Waals surface area contributed by atoms with Gasteiger partial charge in [-0.25, -0.2) is 0 Å². The predicted molar refractivity (Wildman–Crippen MR) is 80.6 cm³/mol. The van der Waals surface area contributed by atoms with E-state index in [-0.39, 0.29) is 0 Å². The maximum Gasteiger partial charge on any atom is 0.0343 e. The van der Waals surface area contributed by atoms with E-state index in [2.05, 4.69) is 38.2 Å². The van der Waals surface area contributed by atoms with Crippen LogP contribution in [0.4, 0.5) is 5.69 Å². The molecule has 3 N–H and O–H groups in total. The fraction of sp³-hybridized carbons (Fsp3) is 0.625. The van der Waals surface area contributed by atoms with Gasteiger partial charge in [-0.15, -0.1) is 0 Å². The Morgan fingerprint density at radius 2 is 2.06 bits per heavy atom. The van der Waals surface area contributed by atoms with Crippen LogP contribution < -0.4 is 11.1 Å². The lowest BCUT2D eigenvalue weighted by Crippen LogP contribution is -2.22. The molecule has 0 aromatic heterocycles. The van der Waals surface area contributed by atoms with Gasteiger partial charge in [0.05, 0.1) is 0 Å². The molecule has 1 atom stereocenters. The van der Waals surface area contributed by atoms with Crippen molar-refractivity contribution in [2.75, 3.05) is 12.3 Å². The van der Waals surface area contributed by atoms with Crippen molar-refractivity contribution in [3.05, 3.63) is 29.3 Å². The lowest BCUT2D eigenvalue weighted by molar-refractivity contribution is 0.419. The number of nitrogens with two attached hydrogens (primary N) is 1. The highest BCUT2D eigenvalue weighted by atomic mass is 14.9. The number of hydrogen-bond donors (Lipinski definition) is 2. The van der Waals surface area contributed by atoms with Gasteiger partial charge in [-0.05, 0) is 43.0 Å². The Morgan fingerprint density at radius 1 is 1.28 bits per heavy atom. The fourth-order valence-electron chi connectivity index (χ4n) is 2.21. The molecule has 0 fully saturated rings. The molecule has 2 nitrogen and oxygen atoms in total. The van der Waals surface area contributed by atoms with Gasteiger partial charge in [0, 0.05) is 12.2 Å². The minimum atomic E-state index is 0.819. The van der Waals surface area contributed by atoms with E-state index < -0.39 is 0 Å². The molecule has 0 saturated carbocycles. The summed E-state index contributed by atoms with van der Waals surface area (Å²) in [6.45, 7) is 8.69. The highest BCUT2D eigenvalue weighted by Gasteiger charge is 2.05. The standard InChI is InChI=1S/C16H28N2/c1-4-6-7-14(5-2)11-18-12-15-8-9-16(17)13(3)10-15/h8-10,14,18H,4-7,11-12,17H2,1-3H3. The molecule has 0 saturated heterocycles. The van der Waals surface area contributed by atoms with Gasteiger partial charge in [-0.2, -0.15) is 0 Å². The Kier molecular flexibility index (Phi) is 6.81. The van der Waals surface area contributed by atoms with Crippen molar-refractivity contribution in [3.8, 4) is 0 Å². The molecule has 0 aliphatic carbocycles. The summed E-state index contributed by atoms with van der Waals surface area (Å²) in [7, 11) is 0. The van der Waals surface area contributed by atoms with Crippen LogP contribution >= 0.6 is 0 Å². The Labute approximate surface area is 112 Å². The third-order valence-electron chi connectivity index (χ3n) is 3.64. The SMILES string of the molecule is CCCCC(CC)CNCc1ccc(N)c(C)c1. The van der Waals surface area contributed by atoms with Gasteiger partial charge in [0.1, 0.15) is 0 Å². The van der Waals surface area contributed by atoms with Crippen molar-refractivity contribution in [2.24, 2.45) is 5.92 Å². The van der Waals surface area contributed by atoms with Crippen molar-refractivity contribution in [1.29, 1.82) is 0 Å². The van der Waals surface area contributed by atoms with E-state index in [0.717, 1.165) is 24.7 Å². The Morgan fingerprint density at radius 3 is 2.67 bits per heavy atom. The van der Waals surface area contributed by atoms with E-state index in [1.54, 1.807) is 0 Å². The van der Waals surface area contributed by atoms with Crippen LogP contribution in [0.2, 0.25) is 0 Å². The quantitative estimate of drug-likeness (QED) is 0.685. The summed E-state index contributed by atoms with van der Waals surface area (Å²) in [6, 6.07) is 6.29. The topological polar surface area (TPSA) is 38.0 Å². The fourth-order valence-corrected chi connectivity index (χ4v) is 2.21. The molecule has 0 aliphatic rings. The van der Waals surface area contributed by atoms with E-state index in [9.17, 15) is 0 Å². The molecule has 0 radical (unpaired) electrons. The van der Waals surface area contributed by atoms with Gasteiger partial charge in [-0.1, -0.05) is 45.2 Å². The Hall–Kier alpha value is -1.02. The van der Waals surface area contributed by atoms with Crippen LogP contribution in [0.5, 0.6) is 0 Å². The van der Waals surface area contributed by atoms with Crippen molar-refractivity contribution < 1.29 is 0 Å². The predicted octanol–water partition coefficient (Wildman–Crippen LogP) is 3.88. The van der Waals surface area contributed by atoms with Crippen LogP contribution in [0.15, 0.2) is 18.2 Å². The monoisotopic (exact) mass is 248 g/mol. The molecule has 0 bridgehead atoms. The lowest BCUT2D eigenvalue weighted by atomic mass is 9.99.